The average molecular weight is 481 g/mol. The van der Waals surface area contributed by atoms with Gasteiger partial charge < -0.3 is 5.32 Å². The fourth-order valence-electron chi connectivity index (χ4n) is 3.41. The third kappa shape index (κ3) is 6.21. The first kappa shape index (κ1) is 24.0. The van der Waals surface area contributed by atoms with Gasteiger partial charge in [0.05, 0.1) is 17.6 Å². The van der Waals surface area contributed by atoms with Crippen LogP contribution in [0.1, 0.15) is 25.5 Å². The Morgan fingerprint density at radius 3 is 2.62 bits per heavy atom. The maximum atomic E-state index is 14.1. The minimum absolute atomic E-state index is 0.115. The summed E-state index contributed by atoms with van der Waals surface area (Å²) >= 11 is 1.17. The molecule has 8 nitrogen and oxygen atoms in total. The number of benzene rings is 1. The van der Waals surface area contributed by atoms with Crippen molar-refractivity contribution >= 4 is 50.1 Å². The Morgan fingerprint density at radius 2 is 2.00 bits per heavy atom. The van der Waals surface area contributed by atoms with Gasteiger partial charge in [0.1, 0.15) is 5.82 Å². The van der Waals surface area contributed by atoms with Crippen LogP contribution in [-0.2, 0) is 19.6 Å². The van der Waals surface area contributed by atoms with Crippen molar-refractivity contribution in [2.24, 2.45) is 5.92 Å². The molecule has 1 saturated heterocycles. The molecule has 2 aromatic rings. The summed E-state index contributed by atoms with van der Waals surface area (Å²) in [5.41, 5.74) is 0.591. The lowest BCUT2D eigenvalue weighted by atomic mass is 9.98. The van der Waals surface area contributed by atoms with Crippen molar-refractivity contribution in [1.29, 1.82) is 0 Å². The Hall–Kier alpha value is -2.63. The van der Waals surface area contributed by atoms with Crippen LogP contribution in [0.5, 0.6) is 0 Å². The number of carbonyl (C=O) groups excluding carboxylic acids is 2. The van der Waals surface area contributed by atoms with E-state index in [4.69, 9.17) is 0 Å². The molecule has 3 rings (SSSR count). The number of sulfonamides is 1. The molecule has 0 atom stereocenters. The molecule has 0 aliphatic carbocycles. The standard InChI is InChI=1S/C21H25FN4O4S2/c1-15(27)26(19-6-4-3-5-18(19)22)21-24-17(14-31-21)7-8-20(28)23-13-16-9-11-25(12-10-16)32(2,29)30/h3-8,14,16H,9-13H2,1-2H3,(H,23,28)/b8-7+. The number of piperidine rings is 1. The number of amides is 2. The molecular weight excluding hydrogens is 455 g/mol. The van der Waals surface area contributed by atoms with E-state index >= 15 is 0 Å². The molecule has 32 heavy (non-hydrogen) atoms. The van der Waals surface area contributed by atoms with Crippen molar-refractivity contribution in [3.05, 3.63) is 47.2 Å². The number of anilines is 2. The molecule has 1 N–H and O–H groups in total. The Bertz CT molecular complexity index is 1110. The van der Waals surface area contributed by atoms with Crippen LogP contribution >= 0.6 is 11.3 Å². The quantitative estimate of drug-likeness (QED) is 0.615. The fourth-order valence-corrected chi connectivity index (χ4v) is 5.13. The molecule has 0 bridgehead atoms. The maximum Gasteiger partial charge on any atom is 0.244 e. The van der Waals surface area contributed by atoms with Gasteiger partial charge in [-0.3, -0.25) is 14.5 Å². The third-order valence-corrected chi connectivity index (χ3v) is 7.27. The minimum atomic E-state index is -3.17. The molecule has 0 spiro atoms. The maximum absolute atomic E-state index is 14.1. The highest BCUT2D eigenvalue weighted by Crippen LogP contribution is 2.31. The Balaban J connectivity index is 1.56. The number of nitrogens with one attached hydrogen (secondary N) is 1. The lowest BCUT2D eigenvalue weighted by Gasteiger charge is -2.30. The van der Waals surface area contributed by atoms with E-state index in [9.17, 15) is 22.4 Å². The molecular formula is C21H25FN4O4S2. The molecule has 1 aromatic carbocycles. The average Bonchev–Trinajstić information content (AvgIpc) is 3.20. The molecule has 0 unspecified atom stereocenters. The van der Waals surface area contributed by atoms with Crippen molar-refractivity contribution in [3.63, 3.8) is 0 Å². The van der Waals surface area contributed by atoms with E-state index in [1.165, 1.54) is 58.0 Å². The normalized spacial score (nSPS) is 15.7. The zero-order valence-electron chi connectivity index (χ0n) is 17.8. The first-order valence-corrected chi connectivity index (χ1v) is 12.8. The van der Waals surface area contributed by atoms with Gasteiger partial charge in [-0.05, 0) is 37.0 Å². The number of carbonyl (C=O) groups is 2. The summed E-state index contributed by atoms with van der Waals surface area (Å²) in [6, 6.07) is 5.95. The molecule has 1 aliphatic heterocycles. The van der Waals surface area contributed by atoms with Crippen LogP contribution in [0, 0.1) is 11.7 Å². The van der Waals surface area contributed by atoms with E-state index in [1.807, 2.05) is 0 Å². The molecule has 1 aliphatic rings. The molecule has 2 amide bonds. The Morgan fingerprint density at radius 1 is 1.31 bits per heavy atom. The third-order valence-electron chi connectivity index (χ3n) is 5.12. The molecule has 172 valence electrons. The van der Waals surface area contributed by atoms with Crippen molar-refractivity contribution in [1.82, 2.24) is 14.6 Å². The van der Waals surface area contributed by atoms with Gasteiger partial charge in [-0.15, -0.1) is 11.3 Å². The topological polar surface area (TPSA) is 99.7 Å². The zero-order chi connectivity index (χ0) is 23.3. The van der Waals surface area contributed by atoms with Gasteiger partial charge in [0.15, 0.2) is 5.13 Å². The molecule has 0 saturated carbocycles. The summed E-state index contributed by atoms with van der Waals surface area (Å²) in [5, 5.41) is 4.81. The van der Waals surface area contributed by atoms with E-state index < -0.39 is 15.8 Å². The van der Waals surface area contributed by atoms with E-state index in [0.29, 0.717) is 43.3 Å². The van der Waals surface area contributed by atoms with Crippen molar-refractivity contribution in [2.45, 2.75) is 19.8 Å². The largest absolute Gasteiger partial charge is 0.352 e. The molecule has 1 fully saturated rings. The Kier molecular flexibility index (Phi) is 7.75. The van der Waals surface area contributed by atoms with E-state index in [1.54, 1.807) is 17.5 Å². The summed E-state index contributed by atoms with van der Waals surface area (Å²) in [6.45, 7) is 2.72. The smallest absolute Gasteiger partial charge is 0.244 e. The number of hydrogen-bond acceptors (Lipinski definition) is 6. The van der Waals surface area contributed by atoms with Crippen LogP contribution in [0.3, 0.4) is 0 Å². The minimum Gasteiger partial charge on any atom is -0.352 e. The van der Waals surface area contributed by atoms with Gasteiger partial charge in [0.2, 0.25) is 21.8 Å². The number of aromatic nitrogens is 1. The summed E-state index contributed by atoms with van der Waals surface area (Å²) in [7, 11) is -3.17. The van der Waals surface area contributed by atoms with Gasteiger partial charge in [-0.2, -0.15) is 0 Å². The molecule has 11 heteroatoms. The van der Waals surface area contributed by atoms with Crippen LogP contribution in [0.2, 0.25) is 0 Å². The summed E-state index contributed by atoms with van der Waals surface area (Å²) < 4.78 is 38.7. The van der Waals surface area contributed by atoms with Crippen LogP contribution < -0.4 is 10.2 Å². The molecule has 0 radical (unpaired) electrons. The first-order chi connectivity index (χ1) is 15.1. The predicted octanol–water partition coefficient (Wildman–Crippen LogP) is 2.77. The van der Waals surface area contributed by atoms with Crippen LogP contribution in [-0.4, -0.2) is 55.4 Å². The number of para-hydroxylation sites is 1. The lowest BCUT2D eigenvalue weighted by molar-refractivity contribution is -0.117. The van der Waals surface area contributed by atoms with Crippen molar-refractivity contribution in [2.75, 3.05) is 30.8 Å². The number of hydrogen-bond donors (Lipinski definition) is 1. The predicted molar refractivity (Wildman–Crippen MR) is 123 cm³/mol. The van der Waals surface area contributed by atoms with E-state index in [0.717, 1.165) is 0 Å². The summed E-state index contributed by atoms with van der Waals surface area (Å²) in [5.74, 6) is -0.972. The van der Waals surface area contributed by atoms with Crippen LogP contribution in [0.25, 0.3) is 6.08 Å². The zero-order valence-corrected chi connectivity index (χ0v) is 19.5. The monoisotopic (exact) mass is 480 g/mol. The van der Waals surface area contributed by atoms with Gasteiger partial charge in [0.25, 0.3) is 0 Å². The van der Waals surface area contributed by atoms with Gasteiger partial charge in [-0.25, -0.2) is 22.1 Å². The van der Waals surface area contributed by atoms with Gasteiger partial charge in [-0.1, -0.05) is 12.1 Å². The number of thiazole rings is 1. The Labute approximate surface area is 190 Å². The SMILES string of the molecule is CC(=O)N(c1nc(/C=C/C(=O)NCC2CCN(S(C)(=O)=O)CC2)cs1)c1ccccc1F. The molecule has 1 aromatic heterocycles. The van der Waals surface area contributed by atoms with Crippen molar-refractivity contribution < 1.29 is 22.4 Å². The number of nitrogens with zero attached hydrogens (tertiary/aromatic N) is 3. The van der Waals surface area contributed by atoms with Crippen LogP contribution in [0.4, 0.5) is 15.2 Å². The second-order valence-corrected chi connectivity index (χ2v) is 10.4. The highest BCUT2D eigenvalue weighted by molar-refractivity contribution is 7.88. The second-order valence-electron chi connectivity index (χ2n) is 7.54. The highest BCUT2D eigenvalue weighted by Gasteiger charge is 2.25. The summed E-state index contributed by atoms with van der Waals surface area (Å²) in [4.78, 5) is 29.8. The first-order valence-electron chi connectivity index (χ1n) is 10.1. The fraction of sp³-hybridized carbons (Fsp3) is 0.381. The summed E-state index contributed by atoms with van der Waals surface area (Å²) in [6.07, 6.45) is 5.48. The van der Waals surface area contributed by atoms with Crippen LogP contribution in [0.15, 0.2) is 35.7 Å². The highest BCUT2D eigenvalue weighted by atomic mass is 32.2. The number of halogens is 1. The molecule has 2 heterocycles. The van der Waals surface area contributed by atoms with Gasteiger partial charge in [0, 0.05) is 38.0 Å². The number of rotatable bonds is 7. The van der Waals surface area contributed by atoms with E-state index in [-0.39, 0.29) is 23.4 Å². The van der Waals surface area contributed by atoms with Gasteiger partial charge >= 0.3 is 0 Å². The second kappa shape index (κ2) is 10.3. The lowest BCUT2D eigenvalue weighted by Crippen LogP contribution is -2.40. The van der Waals surface area contributed by atoms with Crippen molar-refractivity contribution in [3.8, 4) is 0 Å². The van der Waals surface area contributed by atoms with E-state index in [2.05, 4.69) is 10.3 Å².